The summed E-state index contributed by atoms with van der Waals surface area (Å²) >= 11 is 0. The molecule has 1 unspecified atom stereocenters. The van der Waals surface area contributed by atoms with Gasteiger partial charge < -0.3 is 4.74 Å². The summed E-state index contributed by atoms with van der Waals surface area (Å²) in [6, 6.07) is 0. The molecule has 1 fully saturated rings. The van der Waals surface area contributed by atoms with Gasteiger partial charge >= 0.3 is 0 Å². The lowest BCUT2D eigenvalue weighted by molar-refractivity contribution is 0.0589. The van der Waals surface area contributed by atoms with Crippen molar-refractivity contribution in [2.24, 2.45) is 0 Å². The van der Waals surface area contributed by atoms with E-state index in [0.29, 0.717) is 0 Å². The summed E-state index contributed by atoms with van der Waals surface area (Å²) in [7, 11) is -1.67. The molecule has 11 heavy (non-hydrogen) atoms. The van der Waals surface area contributed by atoms with Crippen LogP contribution >= 0.6 is 0 Å². The molecule has 3 heteroatoms. The van der Waals surface area contributed by atoms with E-state index in [2.05, 4.69) is 13.1 Å². The average molecular weight is 176 g/mol. The molecule has 0 radical (unpaired) electrons. The lowest BCUT2D eigenvalue weighted by Gasteiger charge is -2.32. The molecule has 66 valence electrons. The summed E-state index contributed by atoms with van der Waals surface area (Å²) in [6.07, 6.45) is 3.33. The molecule has 1 atom stereocenters. The first-order chi connectivity index (χ1) is 5.17. The van der Waals surface area contributed by atoms with Crippen molar-refractivity contribution in [3.05, 3.63) is 0 Å². The quantitative estimate of drug-likeness (QED) is 0.587. The van der Waals surface area contributed by atoms with Crippen LogP contribution in [-0.4, -0.2) is 26.7 Å². The van der Waals surface area contributed by atoms with Gasteiger partial charge in [0.2, 0.25) is 0 Å². The van der Waals surface area contributed by atoms with E-state index >= 15 is 0 Å². The molecule has 0 aliphatic carbocycles. The molecule has 0 saturated carbocycles. The number of ether oxygens (including phenoxy) is 1. The Hall–Kier alpha value is 0.107. The van der Waals surface area contributed by atoms with E-state index < -0.39 is 8.07 Å². The fraction of sp³-hybridized carbons (Fsp3) is 1.00. The van der Waals surface area contributed by atoms with Gasteiger partial charge in [0.15, 0.2) is 0 Å². The van der Waals surface area contributed by atoms with Crippen molar-refractivity contribution in [2.45, 2.75) is 38.1 Å². The summed E-state index contributed by atoms with van der Waals surface area (Å²) in [6.45, 7) is 4.99. The monoisotopic (exact) mass is 176 g/mol. The molecule has 1 heterocycles. The van der Waals surface area contributed by atoms with Crippen LogP contribution in [0.4, 0.5) is 4.39 Å². The largest absolute Gasteiger partial charge is 0.382 e. The van der Waals surface area contributed by atoms with Gasteiger partial charge in [-0.15, -0.1) is 0 Å². The van der Waals surface area contributed by atoms with Gasteiger partial charge in [0.05, 0.1) is 12.0 Å². The van der Waals surface area contributed by atoms with Crippen LogP contribution in [0.5, 0.6) is 0 Å². The number of alkyl halides is 1. The first kappa shape index (κ1) is 9.20. The minimum Gasteiger partial charge on any atom is -0.382 e. The first-order valence-electron chi connectivity index (χ1n) is 4.34. The van der Waals surface area contributed by atoms with Crippen LogP contribution in [0.15, 0.2) is 0 Å². The molecule has 1 aliphatic rings. The summed E-state index contributed by atoms with van der Waals surface area (Å²) in [5.41, 5.74) is 0.279. The summed E-state index contributed by atoms with van der Waals surface area (Å²) in [5, 5.41) is 0. The fourth-order valence-electron chi connectivity index (χ4n) is 1.44. The molecule has 0 aromatic carbocycles. The summed E-state index contributed by atoms with van der Waals surface area (Å²) in [4.78, 5) is 0. The van der Waals surface area contributed by atoms with Crippen LogP contribution in [-0.2, 0) is 4.74 Å². The van der Waals surface area contributed by atoms with Crippen molar-refractivity contribution in [3.8, 4) is 0 Å². The van der Waals surface area contributed by atoms with E-state index in [1.54, 1.807) is 0 Å². The van der Waals surface area contributed by atoms with Crippen LogP contribution in [0.2, 0.25) is 13.1 Å². The third-order valence-corrected chi connectivity index (χ3v) is 5.28. The van der Waals surface area contributed by atoms with Gasteiger partial charge in [-0.2, -0.15) is 0 Å². The lowest BCUT2D eigenvalue weighted by Crippen LogP contribution is -2.47. The van der Waals surface area contributed by atoms with Crippen LogP contribution in [0.1, 0.15) is 19.3 Å². The third-order valence-electron chi connectivity index (χ3n) is 2.40. The van der Waals surface area contributed by atoms with Gasteiger partial charge in [-0.25, -0.2) is 0 Å². The van der Waals surface area contributed by atoms with Gasteiger partial charge in [0.25, 0.3) is 0 Å². The minimum atomic E-state index is -1.67. The zero-order valence-corrected chi connectivity index (χ0v) is 8.40. The van der Waals surface area contributed by atoms with Crippen molar-refractivity contribution in [3.63, 3.8) is 0 Å². The second-order valence-corrected chi connectivity index (χ2v) is 8.87. The Kier molecular flexibility index (Phi) is 3.07. The predicted octanol–water partition coefficient (Wildman–Crippen LogP) is 2.31. The zero-order valence-electron chi connectivity index (χ0n) is 7.40. The van der Waals surface area contributed by atoms with E-state index in [1.807, 2.05) is 0 Å². The molecule has 0 spiro atoms. The Balaban J connectivity index is 2.43. The minimum absolute atomic E-state index is 0.141. The number of hydrogen-bond donors (Lipinski definition) is 0. The maximum absolute atomic E-state index is 12.5. The Bertz CT molecular complexity index is 121. The smallest absolute Gasteiger partial charge is 0.117 e. The second kappa shape index (κ2) is 3.67. The Labute approximate surface area is 68.9 Å². The molecule has 1 aliphatic heterocycles. The van der Waals surface area contributed by atoms with E-state index in [0.717, 1.165) is 19.4 Å². The van der Waals surface area contributed by atoms with Crippen molar-refractivity contribution >= 4 is 8.07 Å². The third kappa shape index (κ3) is 2.27. The van der Waals surface area contributed by atoms with Gasteiger partial charge in [0, 0.05) is 6.61 Å². The lowest BCUT2D eigenvalue weighted by atomic mass is 10.2. The van der Waals surface area contributed by atoms with Crippen molar-refractivity contribution in [1.82, 2.24) is 0 Å². The van der Waals surface area contributed by atoms with Crippen LogP contribution < -0.4 is 0 Å². The maximum atomic E-state index is 12.5. The molecular formula is C8H17FOSi. The molecule has 0 amide bonds. The highest BCUT2D eigenvalue weighted by atomic mass is 28.3. The van der Waals surface area contributed by atoms with Gasteiger partial charge in [0.1, 0.15) is 8.07 Å². The Morgan fingerprint density at radius 1 is 1.45 bits per heavy atom. The van der Waals surface area contributed by atoms with Gasteiger partial charge in [-0.05, 0) is 19.3 Å². The fourth-order valence-corrected chi connectivity index (χ4v) is 3.17. The number of halogens is 1. The Morgan fingerprint density at radius 2 is 2.18 bits per heavy atom. The molecule has 0 N–H and O–H groups in total. The van der Waals surface area contributed by atoms with Crippen LogP contribution in [0, 0.1) is 0 Å². The topological polar surface area (TPSA) is 9.23 Å². The molecule has 0 aromatic heterocycles. The first-order valence-corrected chi connectivity index (χ1v) is 7.63. The van der Waals surface area contributed by atoms with E-state index in [-0.39, 0.29) is 12.0 Å². The zero-order chi connectivity index (χ0) is 8.32. The highest BCUT2D eigenvalue weighted by Gasteiger charge is 2.33. The number of rotatable bonds is 2. The highest BCUT2D eigenvalue weighted by Crippen LogP contribution is 2.22. The van der Waals surface area contributed by atoms with Crippen LogP contribution in [0.3, 0.4) is 0 Å². The molecule has 1 rings (SSSR count). The highest BCUT2D eigenvalue weighted by molar-refractivity contribution is 6.78. The SMILES string of the molecule is C[Si](C)(CF)C1CCCCO1. The van der Waals surface area contributed by atoms with E-state index in [9.17, 15) is 4.39 Å². The Morgan fingerprint density at radius 3 is 2.64 bits per heavy atom. The van der Waals surface area contributed by atoms with Crippen molar-refractivity contribution in [2.75, 3.05) is 12.9 Å². The molecule has 0 bridgehead atoms. The number of hydrogen-bond acceptors (Lipinski definition) is 1. The molecule has 1 saturated heterocycles. The molecule has 1 nitrogen and oxygen atoms in total. The van der Waals surface area contributed by atoms with Crippen molar-refractivity contribution < 1.29 is 9.13 Å². The van der Waals surface area contributed by atoms with Gasteiger partial charge in [-0.3, -0.25) is 4.39 Å². The maximum Gasteiger partial charge on any atom is 0.117 e. The second-order valence-electron chi connectivity index (χ2n) is 3.98. The van der Waals surface area contributed by atoms with E-state index in [4.69, 9.17) is 4.74 Å². The molecule has 0 aromatic rings. The van der Waals surface area contributed by atoms with Crippen LogP contribution in [0.25, 0.3) is 0 Å². The summed E-state index contributed by atoms with van der Waals surface area (Å²) < 4.78 is 18.1. The standard InChI is InChI=1S/C8H17FOSi/c1-11(2,7-9)8-5-3-4-6-10-8/h8H,3-7H2,1-2H3. The van der Waals surface area contributed by atoms with E-state index in [1.165, 1.54) is 6.42 Å². The predicted molar refractivity (Wildman–Crippen MR) is 47.0 cm³/mol. The van der Waals surface area contributed by atoms with Gasteiger partial charge in [-0.1, -0.05) is 13.1 Å². The molecular weight excluding hydrogens is 159 g/mol. The normalized spacial score (nSPS) is 27.0. The summed E-state index contributed by atoms with van der Waals surface area (Å²) in [5.74, 6) is 0. The average Bonchev–Trinajstić information content (AvgIpc) is 2.06. The van der Waals surface area contributed by atoms with Crippen molar-refractivity contribution in [1.29, 1.82) is 0 Å².